The van der Waals surface area contributed by atoms with Crippen molar-refractivity contribution in [2.24, 2.45) is 17.6 Å². The molecular weight excluding hydrogens is 556 g/mol. The van der Waals surface area contributed by atoms with Crippen molar-refractivity contribution in [1.82, 2.24) is 35.2 Å². The standard InChI is InChI=1S/C32H42N10O2/c1-20(2)17-28(43)39-40-32-23-10-6-8-12-25(23)35-27(37-32)19-42-15-13-41(14-16-42)18-26-34-24-11-7-5-9-22(24)31(36-26)38-29(21(3)4)30(33)44/h5-12,20-21,29H,13-19H2,1-4H3,(H2,33,44)(H,39,43)(H,34,36,38)(H,35,37,40). The number of nitrogens with one attached hydrogen (secondary N) is 3. The fourth-order valence-electron chi connectivity index (χ4n) is 5.37. The van der Waals surface area contributed by atoms with Crippen molar-refractivity contribution in [3.8, 4) is 0 Å². The molecule has 0 bridgehead atoms. The van der Waals surface area contributed by atoms with E-state index in [4.69, 9.17) is 25.7 Å². The van der Waals surface area contributed by atoms with E-state index < -0.39 is 11.9 Å². The zero-order valence-corrected chi connectivity index (χ0v) is 25.9. The first-order chi connectivity index (χ1) is 21.2. The maximum Gasteiger partial charge on any atom is 0.240 e. The van der Waals surface area contributed by atoms with Crippen LogP contribution in [-0.2, 0) is 22.7 Å². The number of piperazine rings is 1. The van der Waals surface area contributed by atoms with Crippen LogP contribution in [0.3, 0.4) is 0 Å². The lowest BCUT2D eigenvalue weighted by Crippen LogP contribution is -2.45. The van der Waals surface area contributed by atoms with Gasteiger partial charge in [-0.3, -0.25) is 30.2 Å². The summed E-state index contributed by atoms with van der Waals surface area (Å²) in [6, 6.07) is 15.1. The number of nitrogens with two attached hydrogens (primary N) is 1. The monoisotopic (exact) mass is 598 g/mol. The van der Waals surface area contributed by atoms with Crippen LogP contribution in [0.25, 0.3) is 21.8 Å². The van der Waals surface area contributed by atoms with Gasteiger partial charge in [-0.05, 0) is 36.1 Å². The Morgan fingerprint density at radius 2 is 1.27 bits per heavy atom. The topological polar surface area (TPSA) is 154 Å². The maximum absolute atomic E-state index is 12.2. The Balaban J connectivity index is 1.24. The molecule has 2 aromatic carbocycles. The largest absolute Gasteiger partial charge is 0.368 e. The molecule has 12 heteroatoms. The van der Waals surface area contributed by atoms with Gasteiger partial charge in [-0.25, -0.2) is 19.9 Å². The summed E-state index contributed by atoms with van der Waals surface area (Å²) >= 11 is 0. The van der Waals surface area contributed by atoms with E-state index >= 15 is 0 Å². The van der Waals surface area contributed by atoms with Gasteiger partial charge in [-0.2, -0.15) is 0 Å². The molecule has 1 saturated heterocycles. The van der Waals surface area contributed by atoms with Crippen LogP contribution in [0.2, 0.25) is 0 Å². The first kappa shape index (κ1) is 31.0. The van der Waals surface area contributed by atoms with Gasteiger partial charge < -0.3 is 11.1 Å². The molecule has 232 valence electrons. The number of nitrogens with zero attached hydrogens (tertiary/aromatic N) is 6. The van der Waals surface area contributed by atoms with Crippen LogP contribution in [0.1, 0.15) is 45.8 Å². The summed E-state index contributed by atoms with van der Waals surface area (Å²) in [5, 5.41) is 4.99. The average molecular weight is 599 g/mol. The molecule has 44 heavy (non-hydrogen) atoms. The number of primary amides is 1. The molecular formula is C32H42N10O2. The van der Waals surface area contributed by atoms with Crippen LogP contribution in [0, 0.1) is 11.8 Å². The lowest BCUT2D eigenvalue weighted by Gasteiger charge is -2.34. The van der Waals surface area contributed by atoms with Gasteiger partial charge in [0, 0.05) is 43.4 Å². The van der Waals surface area contributed by atoms with E-state index in [0.717, 1.165) is 48.0 Å². The van der Waals surface area contributed by atoms with Gasteiger partial charge in [0.25, 0.3) is 0 Å². The van der Waals surface area contributed by atoms with E-state index in [-0.39, 0.29) is 17.7 Å². The van der Waals surface area contributed by atoms with Gasteiger partial charge >= 0.3 is 0 Å². The molecule has 1 atom stereocenters. The SMILES string of the molecule is CC(C)CC(=O)NNc1nc(CN2CCN(Cc3nc(NC(C(N)=O)C(C)C)c4ccccc4n3)CC2)nc2ccccc12. The average Bonchev–Trinajstić information content (AvgIpc) is 2.99. The molecule has 0 radical (unpaired) electrons. The van der Waals surface area contributed by atoms with Crippen LogP contribution >= 0.6 is 0 Å². The Bertz CT molecular complexity index is 1620. The Morgan fingerprint density at radius 3 is 1.77 bits per heavy atom. The van der Waals surface area contributed by atoms with E-state index in [9.17, 15) is 9.59 Å². The minimum atomic E-state index is -0.533. The number of fused-ring (bicyclic) bond motifs is 2. The number of para-hydroxylation sites is 2. The maximum atomic E-state index is 12.2. The Morgan fingerprint density at radius 1 is 0.773 bits per heavy atom. The van der Waals surface area contributed by atoms with Crippen LogP contribution in [0.15, 0.2) is 48.5 Å². The molecule has 3 heterocycles. The van der Waals surface area contributed by atoms with Crippen molar-refractivity contribution in [2.45, 2.75) is 53.2 Å². The van der Waals surface area contributed by atoms with Gasteiger partial charge in [0.2, 0.25) is 11.8 Å². The zero-order valence-electron chi connectivity index (χ0n) is 25.9. The minimum Gasteiger partial charge on any atom is -0.368 e. The predicted octanol–water partition coefficient (Wildman–Crippen LogP) is 3.30. The molecule has 5 N–H and O–H groups in total. The molecule has 1 aliphatic rings. The molecule has 2 amide bonds. The van der Waals surface area contributed by atoms with Crippen molar-refractivity contribution in [3.63, 3.8) is 0 Å². The van der Waals surface area contributed by atoms with Crippen LogP contribution in [0.4, 0.5) is 11.6 Å². The van der Waals surface area contributed by atoms with Crippen molar-refractivity contribution in [3.05, 3.63) is 60.2 Å². The third-order valence-electron chi connectivity index (χ3n) is 7.67. The van der Waals surface area contributed by atoms with E-state index in [1.165, 1.54) is 0 Å². The van der Waals surface area contributed by atoms with Gasteiger partial charge in [-0.1, -0.05) is 52.0 Å². The van der Waals surface area contributed by atoms with E-state index in [2.05, 4.69) is 26.0 Å². The number of hydrazine groups is 1. The third kappa shape index (κ3) is 7.74. The lowest BCUT2D eigenvalue weighted by molar-refractivity contribution is -0.121. The smallest absolute Gasteiger partial charge is 0.240 e. The first-order valence-electron chi connectivity index (χ1n) is 15.2. The Hall–Kier alpha value is -4.42. The van der Waals surface area contributed by atoms with Crippen molar-refractivity contribution < 1.29 is 9.59 Å². The summed E-state index contributed by atoms with van der Waals surface area (Å²) in [6.45, 7) is 12.4. The van der Waals surface area contributed by atoms with Gasteiger partial charge in [-0.15, -0.1) is 0 Å². The summed E-state index contributed by atoms with van der Waals surface area (Å²) in [6.07, 6.45) is 0.432. The van der Waals surface area contributed by atoms with Crippen molar-refractivity contribution >= 4 is 45.3 Å². The molecule has 4 aromatic rings. The molecule has 1 aliphatic heterocycles. The highest BCUT2D eigenvalue weighted by Gasteiger charge is 2.23. The highest BCUT2D eigenvalue weighted by Crippen LogP contribution is 2.24. The van der Waals surface area contributed by atoms with Crippen molar-refractivity contribution in [1.29, 1.82) is 0 Å². The van der Waals surface area contributed by atoms with Crippen LogP contribution < -0.4 is 21.9 Å². The highest BCUT2D eigenvalue weighted by molar-refractivity contribution is 5.92. The summed E-state index contributed by atoms with van der Waals surface area (Å²) in [7, 11) is 0. The van der Waals surface area contributed by atoms with Gasteiger partial charge in [0.15, 0.2) is 5.82 Å². The molecule has 0 aliphatic carbocycles. The normalized spacial score (nSPS) is 15.1. The number of benzene rings is 2. The number of anilines is 2. The second kappa shape index (κ2) is 13.9. The highest BCUT2D eigenvalue weighted by atomic mass is 16.2. The van der Waals surface area contributed by atoms with E-state index in [0.29, 0.717) is 42.8 Å². The Labute approximate surface area is 257 Å². The second-order valence-electron chi connectivity index (χ2n) is 12.1. The second-order valence-corrected chi connectivity index (χ2v) is 12.1. The number of rotatable bonds is 12. The summed E-state index contributed by atoms with van der Waals surface area (Å²) in [4.78, 5) is 48.2. The summed E-state index contributed by atoms with van der Waals surface area (Å²) in [5.41, 5.74) is 13.1. The summed E-state index contributed by atoms with van der Waals surface area (Å²) in [5.74, 6) is 2.40. The minimum absolute atomic E-state index is 0.0137. The Kier molecular flexibility index (Phi) is 9.81. The van der Waals surface area contributed by atoms with Crippen molar-refractivity contribution in [2.75, 3.05) is 36.9 Å². The molecule has 1 fully saturated rings. The van der Waals surface area contributed by atoms with Gasteiger partial charge in [0.05, 0.1) is 24.1 Å². The molecule has 0 saturated carbocycles. The predicted molar refractivity (Wildman–Crippen MR) is 172 cm³/mol. The molecule has 5 rings (SSSR count). The number of aromatic nitrogens is 4. The third-order valence-corrected chi connectivity index (χ3v) is 7.67. The lowest BCUT2D eigenvalue weighted by atomic mass is 10.0. The zero-order chi connectivity index (χ0) is 31.2. The summed E-state index contributed by atoms with van der Waals surface area (Å²) < 4.78 is 0. The van der Waals surface area contributed by atoms with Crippen LogP contribution in [-0.4, -0.2) is 73.8 Å². The molecule has 1 unspecified atom stereocenters. The molecule has 0 spiro atoms. The number of hydrogen-bond donors (Lipinski definition) is 4. The number of amides is 2. The number of carbonyl (C=O) groups is 2. The van der Waals surface area contributed by atoms with Crippen LogP contribution in [0.5, 0.6) is 0 Å². The molecule has 2 aromatic heterocycles. The number of carbonyl (C=O) groups excluding carboxylic acids is 2. The van der Waals surface area contributed by atoms with E-state index in [1.54, 1.807) is 0 Å². The van der Waals surface area contributed by atoms with E-state index in [1.807, 2.05) is 76.2 Å². The number of hydrogen-bond acceptors (Lipinski definition) is 10. The molecule has 12 nitrogen and oxygen atoms in total. The quantitative estimate of drug-likeness (QED) is 0.179. The first-order valence-corrected chi connectivity index (χ1v) is 15.2. The van der Waals surface area contributed by atoms with Gasteiger partial charge in [0.1, 0.15) is 23.5 Å². The fourth-order valence-corrected chi connectivity index (χ4v) is 5.37. The fraction of sp³-hybridized carbons (Fsp3) is 0.438.